The minimum Gasteiger partial charge on any atom is -0.352 e. The van der Waals surface area contributed by atoms with Gasteiger partial charge in [0.2, 0.25) is 0 Å². The molecule has 1 heterocycles. The molecule has 0 radical (unpaired) electrons. The lowest BCUT2D eigenvalue weighted by atomic mass is 10.1. The maximum absolute atomic E-state index is 11.9. The largest absolute Gasteiger partial charge is 0.352 e. The summed E-state index contributed by atoms with van der Waals surface area (Å²) >= 11 is 5.08. The van der Waals surface area contributed by atoms with Gasteiger partial charge in [-0.25, -0.2) is 0 Å². The molecule has 0 saturated carbocycles. The van der Waals surface area contributed by atoms with Crippen LogP contribution >= 0.6 is 12.2 Å². The fraction of sp³-hybridized carbons (Fsp3) is 0.250. The minimum absolute atomic E-state index is 0.105. The van der Waals surface area contributed by atoms with Crippen LogP contribution in [0.5, 0.6) is 0 Å². The predicted molar refractivity (Wildman–Crippen MR) is 83.3 cm³/mol. The molecule has 0 bridgehead atoms. The molecule has 0 spiro atoms. The maximum Gasteiger partial charge on any atom is 0.254 e. The SMILES string of the molecule is O=C(NCCCCc1ccccc1)c1ccc[nH]c1=S. The summed E-state index contributed by atoms with van der Waals surface area (Å²) < 4.78 is 0.481. The molecule has 3 nitrogen and oxygen atoms in total. The van der Waals surface area contributed by atoms with E-state index in [1.165, 1.54) is 5.56 Å². The van der Waals surface area contributed by atoms with Crippen molar-refractivity contribution in [2.45, 2.75) is 19.3 Å². The number of rotatable bonds is 6. The molecule has 20 heavy (non-hydrogen) atoms. The van der Waals surface area contributed by atoms with Gasteiger partial charge in [-0.3, -0.25) is 4.79 Å². The van der Waals surface area contributed by atoms with Crippen LogP contribution < -0.4 is 5.32 Å². The summed E-state index contributed by atoms with van der Waals surface area (Å²) in [6.45, 7) is 0.676. The van der Waals surface area contributed by atoms with Crippen LogP contribution in [0.2, 0.25) is 0 Å². The lowest BCUT2D eigenvalue weighted by molar-refractivity contribution is 0.0952. The molecule has 1 aromatic carbocycles. The van der Waals surface area contributed by atoms with E-state index in [1.54, 1.807) is 18.3 Å². The highest BCUT2D eigenvalue weighted by Crippen LogP contribution is 2.04. The van der Waals surface area contributed by atoms with Crippen molar-refractivity contribution in [2.75, 3.05) is 6.54 Å². The second-order valence-electron chi connectivity index (χ2n) is 4.61. The molecule has 4 heteroatoms. The Kier molecular flexibility index (Phi) is 5.50. The zero-order valence-corrected chi connectivity index (χ0v) is 12.1. The zero-order chi connectivity index (χ0) is 14.2. The summed E-state index contributed by atoms with van der Waals surface area (Å²) in [7, 11) is 0. The van der Waals surface area contributed by atoms with Crippen LogP contribution in [-0.4, -0.2) is 17.4 Å². The van der Waals surface area contributed by atoms with E-state index >= 15 is 0 Å². The Morgan fingerprint density at radius 2 is 1.90 bits per heavy atom. The van der Waals surface area contributed by atoms with Crippen LogP contribution in [0, 0.1) is 4.64 Å². The molecule has 0 aliphatic heterocycles. The fourth-order valence-corrected chi connectivity index (χ4v) is 2.23. The van der Waals surface area contributed by atoms with Crippen molar-refractivity contribution in [3.63, 3.8) is 0 Å². The van der Waals surface area contributed by atoms with Gasteiger partial charge in [0, 0.05) is 12.7 Å². The molecule has 1 aromatic heterocycles. The van der Waals surface area contributed by atoms with Gasteiger partial charge in [0.05, 0.1) is 5.56 Å². The van der Waals surface area contributed by atoms with Crippen LogP contribution in [0.1, 0.15) is 28.8 Å². The summed E-state index contributed by atoms with van der Waals surface area (Å²) in [5.74, 6) is -0.105. The van der Waals surface area contributed by atoms with Crippen LogP contribution in [0.3, 0.4) is 0 Å². The van der Waals surface area contributed by atoms with E-state index in [0.717, 1.165) is 19.3 Å². The highest BCUT2D eigenvalue weighted by atomic mass is 32.1. The van der Waals surface area contributed by atoms with Gasteiger partial charge in [0.1, 0.15) is 4.64 Å². The number of H-pyrrole nitrogens is 1. The third kappa shape index (κ3) is 4.31. The summed E-state index contributed by atoms with van der Waals surface area (Å²) in [6, 6.07) is 13.9. The number of amides is 1. The standard InChI is InChI=1S/C16H18N2OS/c19-15(14-10-6-12-18-16(14)20)17-11-5-4-9-13-7-2-1-3-8-13/h1-3,6-8,10,12H,4-5,9,11H2,(H,17,19)(H,18,20). The summed E-state index contributed by atoms with van der Waals surface area (Å²) in [4.78, 5) is 14.8. The number of hydrogen-bond acceptors (Lipinski definition) is 2. The number of benzene rings is 1. The Labute approximate surface area is 124 Å². The lowest BCUT2D eigenvalue weighted by Crippen LogP contribution is -2.24. The third-order valence-corrected chi connectivity index (χ3v) is 3.42. The first-order valence-electron chi connectivity index (χ1n) is 6.77. The van der Waals surface area contributed by atoms with E-state index in [1.807, 2.05) is 18.2 Å². The van der Waals surface area contributed by atoms with Crippen LogP contribution in [-0.2, 0) is 6.42 Å². The van der Waals surface area contributed by atoms with E-state index in [-0.39, 0.29) is 5.91 Å². The molecule has 0 fully saturated rings. The molecule has 0 saturated heterocycles. The molecule has 1 amide bonds. The summed E-state index contributed by atoms with van der Waals surface area (Å²) in [6.07, 6.45) is 4.79. The molecular formula is C16H18N2OS. The predicted octanol–water partition coefficient (Wildman–Crippen LogP) is 3.50. The van der Waals surface area contributed by atoms with Gasteiger partial charge in [-0.2, -0.15) is 0 Å². The maximum atomic E-state index is 11.9. The van der Waals surface area contributed by atoms with Crippen molar-refractivity contribution in [3.05, 3.63) is 64.4 Å². The van der Waals surface area contributed by atoms with Crippen molar-refractivity contribution in [1.29, 1.82) is 0 Å². The molecule has 104 valence electrons. The fourth-order valence-electron chi connectivity index (χ4n) is 2.00. The normalized spacial score (nSPS) is 10.2. The number of aromatic amines is 1. The number of unbranched alkanes of at least 4 members (excludes halogenated alkanes) is 1. The van der Waals surface area contributed by atoms with E-state index in [2.05, 4.69) is 22.4 Å². The number of aromatic nitrogens is 1. The summed E-state index contributed by atoms with van der Waals surface area (Å²) in [5, 5.41) is 2.90. The number of carbonyl (C=O) groups excluding carboxylic acids is 1. The van der Waals surface area contributed by atoms with Gasteiger partial charge in [-0.15, -0.1) is 0 Å². The van der Waals surface area contributed by atoms with Gasteiger partial charge < -0.3 is 10.3 Å². The first-order valence-corrected chi connectivity index (χ1v) is 7.18. The molecule has 2 aromatic rings. The average Bonchev–Trinajstić information content (AvgIpc) is 2.48. The van der Waals surface area contributed by atoms with Gasteiger partial charge >= 0.3 is 0 Å². The smallest absolute Gasteiger partial charge is 0.254 e. The number of nitrogens with one attached hydrogen (secondary N) is 2. The number of carbonyl (C=O) groups is 1. The van der Waals surface area contributed by atoms with Crippen LogP contribution in [0.4, 0.5) is 0 Å². The highest BCUT2D eigenvalue weighted by molar-refractivity contribution is 7.71. The average molecular weight is 286 g/mol. The third-order valence-electron chi connectivity index (χ3n) is 3.08. The second-order valence-corrected chi connectivity index (χ2v) is 5.02. The molecule has 2 rings (SSSR count). The molecule has 0 unspecified atom stereocenters. The Balaban J connectivity index is 1.70. The Hall–Kier alpha value is -1.94. The molecular weight excluding hydrogens is 268 g/mol. The van der Waals surface area contributed by atoms with E-state index < -0.39 is 0 Å². The Morgan fingerprint density at radius 1 is 1.10 bits per heavy atom. The van der Waals surface area contributed by atoms with E-state index in [9.17, 15) is 4.79 Å². The van der Waals surface area contributed by atoms with Crippen molar-refractivity contribution >= 4 is 18.1 Å². The first-order chi connectivity index (χ1) is 9.77. The number of hydrogen-bond donors (Lipinski definition) is 2. The quantitative estimate of drug-likeness (QED) is 0.630. The van der Waals surface area contributed by atoms with Crippen molar-refractivity contribution < 1.29 is 4.79 Å². The second kappa shape index (κ2) is 7.60. The van der Waals surface area contributed by atoms with Gasteiger partial charge in [0.15, 0.2) is 0 Å². The Morgan fingerprint density at radius 3 is 2.65 bits per heavy atom. The first kappa shape index (κ1) is 14.5. The van der Waals surface area contributed by atoms with Crippen molar-refractivity contribution in [2.24, 2.45) is 0 Å². The monoisotopic (exact) mass is 286 g/mol. The molecule has 2 N–H and O–H groups in total. The molecule has 0 aliphatic carbocycles. The molecule has 0 aliphatic rings. The topological polar surface area (TPSA) is 44.9 Å². The highest BCUT2D eigenvalue weighted by Gasteiger charge is 2.05. The van der Waals surface area contributed by atoms with E-state index in [0.29, 0.717) is 16.7 Å². The van der Waals surface area contributed by atoms with Gasteiger partial charge in [0.25, 0.3) is 5.91 Å². The van der Waals surface area contributed by atoms with Gasteiger partial charge in [-0.1, -0.05) is 42.5 Å². The summed E-state index contributed by atoms with van der Waals surface area (Å²) in [5.41, 5.74) is 1.87. The van der Waals surface area contributed by atoms with Crippen molar-refractivity contribution in [3.8, 4) is 0 Å². The minimum atomic E-state index is -0.105. The number of pyridine rings is 1. The van der Waals surface area contributed by atoms with E-state index in [4.69, 9.17) is 12.2 Å². The van der Waals surface area contributed by atoms with Crippen LogP contribution in [0.15, 0.2) is 48.7 Å². The lowest BCUT2D eigenvalue weighted by Gasteiger charge is -2.05. The van der Waals surface area contributed by atoms with Crippen LogP contribution in [0.25, 0.3) is 0 Å². The molecule has 0 atom stereocenters. The van der Waals surface area contributed by atoms with Crippen molar-refractivity contribution in [1.82, 2.24) is 10.3 Å². The zero-order valence-electron chi connectivity index (χ0n) is 11.3. The number of aryl methyl sites for hydroxylation is 1. The van der Waals surface area contributed by atoms with Gasteiger partial charge in [-0.05, 0) is 37.0 Å². The Bertz CT molecular complexity index is 607.